The van der Waals surface area contributed by atoms with Crippen molar-refractivity contribution in [3.05, 3.63) is 28.7 Å². The number of rotatable bonds is 5. The number of carbonyl (C=O) groups is 2. The van der Waals surface area contributed by atoms with Gasteiger partial charge in [-0.3, -0.25) is 9.59 Å². The molecule has 1 aliphatic rings. The lowest BCUT2D eigenvalue weighted by atomic mass is 9.95. The molecule has 3 N–H and O–H groups in total. The summed E-state index contributed by atoms with van der Waals surface area (Å²) >= 11 is 3.41. The molecule has 1 atom stereocenters. The van der Waals surface area contributed by atoms with Crippen molar-refractivity contribution in [2.24, 2.45) is 11.7 Å². The van der Waals surface area contributed by atoms with Crippen LogP contribution in [0.25, 0.3) is 0 Å². The number of benzene rings is 1. The molecule has 0 aromatic heterocycles. The highest BCUT2D eigenvalue weighted by molar-refractivity contribution is 9.10. The van der Waals surface area contributed by atoms with Crippen LogP contribution in [0.5, 0.6) is 0 Å². The molecule has 1 unspecified atom stereocenters. The van der Waals surface area contributed by atoms with Crippen LogP contribution in [-0.2, 0) is 14.3 Å². The number of methoxy groups -OCH3 is 1. The smallest absolute Gasteiger partial charge is 0.241 e. The molecule has 0 spiro atoms. The van der Waals surface area contributed by atoms with E-state index in [0.717, 1.165) is 10.2 Å². The van der Waals surface area contributed by atoms with Gasteiger partial charge in [0.05, 0.1) is 12.3 Å². The van der Waals surface area contributed by atoms with Gasteiger partial charge in [-0.25, -0.2) is 0 Å². The van der Waals surface area contributed by atoms with E-state index in [2.05, 4.69) is 21.2 Å². The molecule has 23 heavy (non-hydrogen) atoms. The minimum absolute atomic E-state index is 0.00908. The first-order valence-electron chi connectivity index (χ1n) is 7.61. The van der Waals surface area contributed by atoms with Crippen molar-refractivity contribution in [1.82, 2.24) is 4.90 Å². The quantitative estimate of drug-likeness (QED) is 0.808. The number of amides is 2. The fourth-order valence-electron chi connectivity index (χ4n) is 2.64. The van der Waals surface area contributed by atoms with Crippen LogP contribution in [0.2, 0.25) is 0 Å². The number of para-hydroxylation sites is 1. The number of nitrogens with two attached hydrogens (primary N) is 1. The van der Waals surface area contributed by atoms with E-state index in [1.807, 2.05) is 24.3 Å². The van der Waals surface area contributed by atoms with E-state index in [-0.39, 0.29) is 24.3 Å². The SMILES string of the molecule is COCC(N)C(=O)N1CCC(C(=O)Nc2ccccc2Br)CC1. The maximum absolute atomic E-state index is 12.4. The van der Waals surface area contributed by atoms with E-state index in [4.69, 9.17) is 10.5 Å². The predicted octanol–water partition coefficient (Wildman–Crippen LogP) is 1.60. The monoisotopic (exact) mass is 383 g/mol. The summed E-state index contributed by atoms with van der Waals surface area (Å²) in [7, 11) is 1.52. The number of hydrogen-bond acceptors (Lipinski definition) is 4. The van der Waals surface area contributed by atoms with Gasteiger partial charge < -0.3 is 20.7 Å². The Hall–Kier alpha value is -1.44. The fourth-order valence-corrected chi connectivity index (χ4v) is 3.03. The Kier molecular flexibility index (Phi) is 6.56. The Morgan fingerprint density at radius 3 is 2.65 bits per heavy atom. The zero-order valence-corrected chi connectivity index (χ0v) is 14.7. The summed E-state index contributed by atoms with van der Waals surface area (Å²) in [5.41, 5.74) is 6.53. The molecule has 0 bridgehead atoms. The van der Waals surface area contributed by atoms with E-state index in [1.165, 1.54) is 7.11 Å². The molecule has 6 nitrogen and oxygen atoms in total. The second-order valence-corrected chi connectivity index (χ2v) is 6.48. The molecule has 0 aliphatic carbocycles. The zero-order valence-electron chi connectivity index (χ0n) is 13.1. The Bertz CT molecular complexity index is 559. The van der Waals surface area contributed by atoms with Gasteiger partial charge >= 0.3 is 0 Å². The Morgan fingerprint density at radius 1 is 1.39 bits per heavy atom. The van der Waals surface area contributed by atoms with Gasteiger partial charge in [0.25, 0.3) is 0 Å². The molecular weight excluding hydrogens is 362 g/mol. The largest absolute Gasteiger partial charge is 0.383 e. The number of carbonyl (C=O) groups excluding carboxylic acids is 2. The fraction of sp³-hybridized carbons (Fsp3) is 0.500. The van der Waals surface area contributed by atoms with Crippen molar-refractivity contribution in [2.75, 3.05) is 32.1 Å². The second kappa shape index (κ2) is 8.42. The molecule has 1 saturated heterocycles. The van der Waals surface area contributed by atoms with Gasteiger partial charge in [-0.05, 0) is 40.9 Å². The summed E-state index contributed by atoms with van der Waals surface area (Å²) in [4.78, 5) is 26.2. The van der Waals surface area contributed by atoms with Crippen molar-refractivity contribution in [3.63, 3.8) is 0 Å². The lowest BCUT2D eigenvalue weighted by Crippen LogP contribution is -2.49. The highest BCUT2D eigenvalue weighted by Crippen LogP contribution is 2.24. The molecule has 2 amide bonds. The van der Waals surface area contributed by atoms with Crippen molar-refractivity contribution in [2.45, 2.75) is 18.9 Å². The number of hydrogen-bond donors (Lipinski definition) is 2. The first-order valence-corrected chi connectivity index (χ1v) is 8.41. The van der Waals surface area contributed by atoms with Crippen molar-refractivity contribution < 1.29 is 14.3 Å². The van der Waals surface area contributed by atoms with E-state index in [9.17, 15) is 9.59 Å². The maximum Gasteiger partial charge on any atom is 0.241 e. The summed E-state index contributed by atoms with van der Waals surface area (Å²) in [6, 6.07) is 6.87. The zero-order chi connectivity index (χ0) is 16.8. The van der Waals surface area contributed by atoms with Crippen molar-refractivity contribution in [3.8, 4) is 0 Å². The summed E-state index contributed by atoms with van der Waals surface area (Å²) < 4.78 is 5.76. The summed E-state index contributed by atoms with van der Waals surface area (Å²) in [6.45, 7) is 1.30. The van der Waals surface area contributed by atoms with Gasteiger partial charge in [0.1, 0.15) is 6.04 Å². The third kappa shape index (κ3) is 4.76. The molecule has 1 aromatic carbocycles. The van der Waals surface area contributed by atoms with Crippen molar-refractivity contribution in [1.29, 1.82) is 0 Å². The van der Waals surface area contributed by atoms with E-state index in [1.54, 1.807) is 4.90 Å². The summed E-state index contributed by atoms with van der Waals surface area (Å²) in [6.07, 6.45) is 1.28. The van der Waals surface area contributed by atoms with E-state index >= 15 is 0 Å². The van der Waals surface area contributed by atoms with Crippen LogP contribution in [0.15, 0.2) is 28.7 Å². The molecule has 1 heterocycles. The minimum atomic E-state index is -0.634. The maximum atomic E-state index is 12.4. The second-order valence-electron chi connectivity index (χ2n) is 5.63. The molecule has 1 fully saturated rings. The van der Waals surface area contributed by atoms with Crippen LogP contribution in [0.1, 0.15) is 12.8 Å². The Labute approximate surface area is 144 Å². The Balaban J connectivity index is 1.85. The lowest BCUT2D eigenvalue weighted by molar-refractivity contribution is -0.136. The lowest BCUT2D eigenvalue weighted by Gasteiger charge is -2.32. The van der Waals surface area contributed by atoms with Crippen LogP contribution >= 0.6 is 15.9 Å². The van der Waals surface area contributed by atoms with Crippen LogP contribution < -0.4 is 11.1 Å². The molecule has 1 aromatic rings. The molecule has 0 radical (unpaired) electrons. The van der Waals surface area contributed by atoms with Gasteiger partial charge in [0.2, 0.25) is 11.8 Å². The van der Waals surface area contributed by atoms with Crippen LogP contribution in [0, 0.1) is 5.92 Å². The molecule has 0 saturated carbocycles. The third-order valence-corrected chi connectivity index (χ3v) is 4.66. The summed E-state index contributed by atoms with van der Waals surface area (Å²) in [5.74, 6) is -0.216. The number of piperidine rings is 1. The van der Waals surface area contributed by atoms with Gasteiger partial charge in [0.15, 0.2) is 0 Å². The number of ether oxygens (including phenoxy) is 1. The molecule has 1 aliphatic heterocycles. The van der Waals surface area contributed by atoms with E-state index < -0.39 is 6.04 Å². The van der Waals surface area contributed by atoms with Gasteiger partial charge in [-0.2, -0.15) is 0 Å². The number of likely N-dealkylation sites (tertiary alicyclic amines) is 1. The Morgan fingerprint density at radius 2 is 2.04 bits per heavy atom. The number of nitrogens with zero attached hydrogens (tertiary/aromatic N) is 1. The third-order valence-electron chi connectivity index (χ3n) is 3.97. The van der Waals surface area contributed by atoms with Crippen molar-refractivity contribution >= 4 is 33.4 Å². The van der Waals surface area contributed by atoms with Crippen LogP contribution in [0.4, 0.5) is 5.69 Å². The van der Waals surface area contributed by atoms with Gasteiger partial charge in [-0.1, -0.05) is 12.1 Å². The van der Waals surface area contributed by atoms with Gasteiger partial charge in [0, 0.05) is 30.6 Å². The highest BCUT2D eigenvalue weighted by Gasteiger charge is 2.29. The van der Waals surface area contributed by atoms with Crippen LogP contribution in [-0.4, -0.2) is 49.6 Å². The predicted molar refractivity (Wildman–Crippen MR) is 91.9 cm³/mol. The average molecular weight is 384 g/mol. The van der Waals surface area contributed by atoms with Crippen LogP contribution in [0.3, 0.4) is 0 Å². The minimum Gasteiger partial charge on any atom is -0.383 e. The number of anilines is 1. The number of halogens is 1. The first kappa shape index (κ1) is 17.9. The highest BCUT2D eigenvalue weighted by atomic mass is 79.9. The first-order chi connectivity index (χ1) is 11.0. The van der Waals surface area contributed by atoms with E-state index in [0.29, 0.717) is 25.9 Å². The van der Waals surface area contributed by atoms with Gasteiger partial charge in [-0.15, -0.1) is 0 Å². The molecule has 2 rings (SSSR count). The summed E-state index contributed by atoms with van der Waals surface area (Å²) in [5, 5.41) is 2.93. The normalized spacial score (nSPS) is 16.9. The molecular formula is C16H22BrN3O3. The standard InChI is InChI=1S/C16H22BrN3O3/c1-23-10-13(18)16(22)20-8-6-11(7-9-20)15(21)19-14-5-3-2-4-12(14)17/h2-5,11,13H,6-10,18H2,1H3,(H,19,21). The number of nitrogens with one attached hydrogen (secondary N) is 1. The average Bonchev–Trinajstić information content (AvgIpc) is 2.56. The topological polar surface area (TPSA) is 84.7 Å². The molecule has 126 valence electrons. The molecule has 7 heteroatoms.